The molecule has 1 aliphatic heterocycles. The molecule has 1 saturated heterocycles. The lowest BCUT2D eigenvalue weighted by Crippen LogP contribution is -2.48. The van der Waals surface area contributed by atoms with E-state index < -0.39 is 5.54 Å². The highest BCUT2D eigenvalue weighted by Crippen LogP contribution is 2.23. The maximum absolute atomic E-state index is 12.4. The first-order valence-corrected chi connectivity index (χ1v) is 6.58. The van der Waals surface area contributed by atoms with Crippen molar-refractivity contribution in [1.29, 1.82) is 0 Å². The molecule has 0 spiro atoms. The zero-order chi connectivity index (χ0) is 14.0. The highest BCUT2D eigenvalue weighted by Gasteiger charge is 2.36. The molecule has 1 amide bonds. The Labute approximate surface area is 116 Å². The van der Waals surface area contributed by atoms with Gasteiger partial charge in [0.1, 0.15) is 6.33 Å². The standard InChI is InChI=1S/C13H16N6O/c1-13(7-4-8-14-13)12(20)16-10-5-2-3-6-11(10)19-9-15-17-18-19/h2-3,5-6,9,14H,4,7-8H2,1H3,(H,16,20). The minimum Gasteiger partial charge on any atom is -0.323 e. The number of hydrogen-bond acceptors (Lipinski definition) is 5. The van der Waals surface area contributed by atoms with E-state index in [-0.39, 0.29) is 5.91 Å². The van der Waals surface area contributed by atoms with Crippen molar-refractivity contribution in [2.45, 2.75) is 25.3 Å². The zero-order valence-electron chi connectivity index (χ0n) is 11.2. The van der Waals surface area contributed by atoms with E-state index in [4.69, 9.17) is 0 Å². The quantitative estimate of drug-likeness (QED) is 0.861. The number of carbonyl (C=O) groups is 1. The molecule has 1 unspecified atom stereocenters. The number of nitrogens with zero attached hydrogens (tertiary/aromatic N) is 4. The van der Waals surface area contributed by atoms with Gasteiger partial charge in [-0.25, -0.2) is 0 Å². The highest BCUT2D eigenvalue weighted by molar-refractivity contribution is 5.99. The third-order valence-corrected chi connectivity index (χ3v) is 3.62. The van der Waals surface area contributed by atoms with Gasteiger partial charge in [-0.2, -0.15) is 4.68 Å². The van der Waals surface area contributed by atoms with Crippen LogP contribution in [0.3, 0.4) is 0 Å². The number of rotatable bonds is 3. The third-order valence-electron chi connectivity index (χ3n) is 3.62. The lowest BCUT2D eigenvalue weighted by molar-refractivity contribution is -0.121. The van der Waals surface area contributed by atoms with Crippen LogP contribution in [0.2, 0.25) is 0 Å². The number of anilines is 1. The minimum atomic E-state index is -0.506. The molecule has 1 aromatic heterocycles. The molecule has 1 fully saturated rings. The largest absolute Gasteiger partial charge is 0.323 e. The predicted octanol–water partition coefficient (Wildman–Crippen LogP) is 0.743. The number of para-hydroxylation sites is 2. The number of nitrogens with one attached hydrogen (secondary N) is 2. The van der Waals surface area contributed by atoms with Gasteiger partial charge in [-0.15, -0.1) is 5.10 Å². The van der Waals surface area contributed by atoms with Crippen LogP contribution in [-0.2, 0) is 4.79 Å². The molecule has 7 heteroatoms. The third kappa shape index (κ3) is 2.27. The van der Waals surface area contributed by atoms with E-state index in [9.17, 15) is 4.79 Å². The van der Waals surface area contributed by atoms with E-state index in [1.807, 2.05) is 31.2 Å². The molecule has 0 radical (unpaired) electrons. The van der Waals surface area contributed by atoms with Gasteiger partial charge >= 0.3 is 0 Å². The Hall–Kier alpha value is -2.28. The Balaban J connectivity index is 1.86. The van der Waals surface area contributed by atoms with Crippen molar-refractivity contribution in [3.05, 3.63) is 30.6 Å². The highest BCUT2D eigenvalue weighted by atomic mass is 16.2. The van der Waals surface area contributed by atoms with Crippen LogP contribution in [0.4, 0.5) is 5.69 Å². The smallest absolute Gasteiger partial charge is 0.244 e. The van der Waals surface area contributed by atoms with Crippen LogP contribution in [-0.4, -0.2) is 38.2 Å². The molecule has 1 aliphatic rings. The number of carbonyl (C=O) groups excluding carboxylic acids is 1. The predicted molar refractivity (Wildman–Crippen MR) is 73.4 cm³/mol. The normalized spacial score (nSPS) is 21.9. The van der Waals surface area contributed by atoms with E-state index in [1.165, 1.54) is 11.0 Å². The summed E-state index contributed by atoms with van der Waals surface area (Å²) in [4.78, 5) is 12.4. The monoisotopic (exact) mass is 272 g/mol. The summed E-state index contributed by atoms with van der Waals surface area (Å²) in [6.45, 7) is 2.80. The summed E-state index contributed by atoms with van der Waals surface area (Å²) in [5.41, 5.74) is 0.931. The Bertz CT molecular complexity index is 603. The fourth-order valence-electron chi connectivity index (χ4n) is 2.40. The number of amides is 1. The molecule has 0 aliphatic carbocycles. The fraction of sp³-hybridized carbons (Fsp3) is 0.385. The maximum atomic E-state index is 12.4. The van der Waals surface area contributed by atoms with E-state index in [0.717, 1.165) is 25.1 Å². The summed E-state index contributed by atoms with van der Waals surface area (Å²) in [5, 5.41) is 17.3. The molecule has 104 valence electrons. The number of hydrogen-bond donors (Lipinski definition) is 2. The van der Waals surface area contributed by atoms with Crippen molar-refractivity contribution in [2.75, 3.05) is 11.9 Å². The summed E-state index contributed by atoms with van der Waals surface area (Å²) < 4.78 is 1.53. The van der Waals surface area contributed by atoms with Crippen LogP contribution in [0.5, 0.6) is 0 Å². The zero-order valence-corrected chi connectivity index (χ0v) is 11.2. The van der Waals surface area contributed by atoms with Gasteiger partial charge < -0.3 is 10.6 Å². The molecule has 2 heterocycles. The second-order valence-electron chi connectivity index (χ2n) is 5.09. The van der Waals surface area contributed by atoms with Gasteiger partial charge in [-0.05, 0) is 48.9 Å². The Morgan fingerprint density at radius 2 is 2.30 bits per heavy atom. The van der Waals surface area contributed by atoms with Crippen molar-refractivity contribution in [3.8, 4) is 5.69 Å². The first-order chi connectivity index (χ1) is 9.69. The topological polar surface area (TPSA) is 84.7 Å². The van der Waals surface area contributed by atoms with Gasteiger partial charge in [-0.1, -0.05) is 12.1 Å². The van der Waals surface area contributed by atoms with Crippen LogP contribution in [0.15, 0.2) is 30.6 Å². The average molecular weight is 272 g/mol. The molecule has 1 atom stereocenters. The molecule has 3 rings (SSSR count). The SMILES string of the molecule is CC1(C(=O)Nc2ccccc2-n2cnnn2)CCCN1. The van der Waals surface area contributed by atoms with Crippen LogP contribution in [0, 0.1) is 0 Å². The Morgan fingerprint density at radius 1 is 1.45 bits per heavy atom. The van der Waals surface area contributed by atoms with Gasteiger partial charge in [0.25, 0.3) is 0 Å². The molecular formula is C13H16N6O. The van der Waals surface area contributed by atoms with Gasteiger partial charge in [0.2, 0.25) is 5.91 Å². The van der Waals surface area contributed by atoms with Crippen molar-refractivity contribution in [3.63, 3.8) is 0 Å². The fourth-order valence-corrected chi connectivity index (χ4v) is 2.40. The first-order valence-electron chi connectivity index (χ1n) is 6.58. The minimum absolute atomic E-state index is 0.0319. The summed E-state index contributed by atoms with van der Waals surface area (Å²) in [6.07, 6.45) is 3.35. The summed E-state index contributed by atoms with van der Waals surface area (Å²) in [7, 11) is 0. The van der Waals surface area contributed by atoms with Crippen LogP contribution >= 0.6 is 0 Å². The van der Waals surface area contributed by atoms with E-state index in [1.54, 1.807) is 0 Å². The molecular weight excluding hydrogens is 256 g/mol. The molecule has 7 nitrogen and oxygen atoms in total. The average Bonchev–Trinajstić information content (AvgIpc) is 3.11. The lowest BCUT2D eigenvalue weighted by atomic mass is 9.99. The molecule has 1 aromatic carbocycles. The molecule has 0 saturated carbocycles. The lowest BCUT2D eigenvalue weighted by Gasteiger charge is -2.23. The summed E-state index contributed by atoms with van der Waals surface area (Å²) in [6, 6.07) is 7.44. The number of tetrazole rings is 1. The molecule has 2 aromatic rings. The molecule has 0 bridgehead atoms. The summed E-state index contributed by atoms with van der Waals surface area (Å²) in [5.74, 6) is -0.0319. The van der Waals surface area contributed by atoms with Crippen molar-refractivity contribution in [1.82, 2.24) is 25.5 Å². The molecule has 2 N–H and O–H groups in total. The van der Waals surface area contributed by atoms with Crippen molar-refractivity contribution >= 4 is 11.6 Å². The maximum Gasteiger partial charge on any atom is 0.244 e. The number of aromatic nitrogens is 4. The van der Waals surface area contributed by atoms with Crippen LogP contribution in [0.1, 0.15) is 19.8 Å². The van der Waals surface area contributed by atoms with Gasteiger partial charge in [0.05, 0.1) is 16.9 Å². The number of benzene rings is 1. The van der Waals surface area contributed by atoms with Crippen LogP contribution in [0.25, 0.3) is 5.69 Å². The van der Waals surface area contributed by atoms with Gasteiger partial charge in [0, 0.05) is 0 Å². The van der Waals surface area contributed by atoms with Crippen molar-refractivity contribution in [2.24, 2.45) is 0 Å². The first kappa shape index (κ1) is 12.7. The van der Waals surface area contributed by atoms with E-state index in [2.05, 4.69) is 26.2 Å². The van der Waals surface area contributed by atoms with E-state index in [0.29, 0.717) is 5.69 Å². The van der Waals surface area contributed by atoms with Gasteiger partial charge in [-0.3, -0.25) is 4.79 Å². The molecule has 20 heavy (non-hydrogen) atoms. The van der Waals surface area contributed by atoms with E-state index >= 15 is 0 Å². The van der Waals surface area contributed by atoms with Gasteiger partial charge in [0.15, 0.2) is 0 Å². The Morgan fingerprint density at radius 3 is 3.00 bits per heavy atom. The van der Waals surface area contributed by atoms with Crippen molar-refractivity contribution < 1.29 is 4.79 Å². The van der Waals surface area contributed by atoms with Crippen LogP contribution < -0.4 is 10.6 Å². The summed E-state index contributed by atoms with van der Waals surface area (Å²) >= 11 is 0. The second-order valence-corrected chi connectivity index (χ2v) is 5.09. The Kier molecular flexibility index (Phi) is 3.19. The second kappa shape index (κ2) is 5.01.